The van der Waals surface area contributed by atoms with Crippen LogP contribution in [0.1, 0.15) is 17.5 Å². The van der Waals surface area contributed by atoms with Crippen LogP contribution in [0.15, 0.2) is 83.3 Å². The first kappa shape index (κ1) is 21.0. The minimum atomic E-state index is -0.788. The third-order valence-corrected chi connectivity index (χ3v) is 4.82. The Kier molecular flexibility index (Phi) is 6.07. The molecule has 7 heteroatoms. The minimum absolute atomic E-state index is 0.00211. The molecule has 0 saturated carbocycles. The van der Waals surface area contributed by atoms with Crippen molar-refractivity contribution in [3.8, 4) is 11.5 Å². The van der Waals surface area contributed by atoms with Gasteiger partial charge in [0.2, 0.25) is 5.76 Å². The van der Waals surface area contributed by atoms with E-state index in [1.165, 1.54) is 0 Å². The molecule has 3 aromatic carbocycles. The number of nitrogens with one attached hydrogen (secondary N) is 2. The van der Waals surface area contributed by atoms with Gasteiger partial charge in [-0.1, -0.05) is 30.3 Å². The van der Waals surface area contributed by atoms with Gasteiger partial charge in [-0.2, -0.15) is 0 Å². The van der Waals surface area contributed by atoms with Crippen LogP contribution in [-0.2, 0) is 4.79 Å². The second-order valence-electron chi connectivity index (χ2n) is 7.05. The molecule has 1 atom stereocenters. The molecule has 32 heavy (non-hydrogen) atoms. The van der Waals surface area contributed by atoms with Crippen molar-refractivity contribution < 1.29 is 23.5 Å². The Morgan fingerprint density at radius 1 is 0.844 bits per heavy atom. The fourth-order valence-corrected chi connectivity index (χ4v) is 3.17. The summed E-state index contributed by atoms with van der Waals surface area (Å²) in [6.07, 6.45) is -0.788. The summed E-state index contributed by atoms with van der Waals surface area (Å²) < 4.78 is 16.6. The van der Waals surface area contributed by atoms with Gasteiger partial charge in [-0.05, 0) is 55.5 Å². The number of hydrogen-bond donors (Lipinski definition) is 2. The van der Waals surface area contributed by atoms with Crippen molar-refractivity contribution in [2.45, 2.75) is 13.0 Å². The van der Waals surface area contributed by atoms with Gasteiger partial charge >= 0.3 is 0 Å². The molecule has 162 valence electrons. The van der Waals surface area contributed by atoms with Crippen LogP contribution in [0.5, 0.6) is 11.5 Å². The van der Waals surface area contributed by atoms with Crippen molar-refractivity contribution in [2.75, 3.05) is 17.7 Å². The molecule has 2 amide bonds. The molecule has 0 bridgehead atoms. The lowest BCUT2D eigenvalue weighted by molar-refractivity contribution is -0.122. The molecule has 1 aromatic heterocycles. The lowest BCUT2D eigenvalue weighted by atomic mass is 10.2. The summed E-state index contributed by atoms with van der Waals surface area (Å²) in [7, 11) is 1.57. The van der Waals surface area contributed by atoms with Gasteiger partial charge in [0.05, 0.1) is 7.11 Å². The molecule has 4 rings (SSSR count). The van der Waals surface area contributed by atoms with Crippen molar-refractivity contribution in [2.24, 2.45) is 0 Å². The maximum atomic E-state index is 13.0. The highest BCUT2D eigenvalue weighted by molar-refractivity contribution is 6.15. The number of benzene rings is 3. The molecule has 0 spiro atoms. The Morgan fingerprint density at radius 3 is 2.25 bits per heavy atom. The average Bonchev–Trinajstić information content (AvgIpc) is 3.18. The Balaban J connectivity index is 1.58. The number of methoxy groups -OCH3 is 1. The quantitative estimate of drug-likeness (QED) is 0.426. The molecule has 0 aliphatic heterocycles. The van der Waals surface area contributed by atoms with Crippen LogP contribution in [0.2, 0.25) is 0 Å². The van der Waals surface area contributed by atoms with E-state index in [1.807, 2.05) is 24.3 Å². The van der Waals surface area contributed by atoms with Gasteiger partial charge in [0, 0.05) is 11.1 Å². The summed E-state index contributed by atoms with van der Waals surface area (Å²) in [5, 5.41) is 6.20. The molecule has 1 heterocycles. The second-order valence-corrected chi connectivity index (χ2v) is 7.05. The van der Waals surface area contributed by atoms with Crippen LogP contribution in [-0.4, -0.2) is 25.0 Å². The van der Waals surface area contributed by atoms with E-state index in [0.717, 1.165) is 0 Å². The van der Waals surface area contributed by atoms with E-state index in [-0.39, 0.29) is 5.76 Å². The van der Waals surface area contributed by atoms with Gasteiger partial charge in [0.25, 0.3) is 11.8 Å². The van der Waals surface area contributed by atoms with Crippen molar-refractivity contribution >= 4 is 34.2 Å². The van der Waals surface area contributed by atoms with Crippen LogP contribution in [0.25, 0.3) is 11.0 Å². The van der Waals surface area contributed by atoms with Crippen LogP contribution in [0, 0.1) is 0 Å². The van der Waals surface area contributed by atoms with Crippen LogP contribution >= 0.6 is 0 Å². The summed E-state index contributed by atoms with van der Waals surface area (Å²) in [6.45, 7) is 1.64. The number of amides is 2. The molecule has 0 aliphatic rings. The largest absolute Gasteiger partial charge is 0.497 e. The predicted molar refractivity (Wildman–Crippen MR) is 122 cm³/mol. The fraction of sp³-hybridized carbons (Fsp3) is 0.120. The first-order valence-electron chi connectivity index (χ1n) is 10.0. The first-order chi connectivity index (χ1) is 15.5. The number of hydrogen-bond acceptors (Lipinski definition) is 5. The highest BCUT2D eigenvalue weighted by Gasteiger charge is 2.25. The van der Waals surface area contributed by atoms with E-state index in [4.69, 9.17) is 13.9 Å². The average molecular weight is 430 g/mol. The maximum Gasteiger partial charge on any atom is 0.293 e. The number of anilines is 2. The summed E-state index contributed by atoms with van der Waals surface area (Å²) in [5.74, 6) is 0.358. The molecular formula is C25H22N2O5. The topological polar surface area (TPSA) is 89.8 Å². The zero-order chi connectivity index (χ0) is 22.5. The molecule has 0 radical (unpaired) electrons. The van der Waals surface area contributed by atoms with E-state index in [0.29, 0.717) is 33.8 Å². The summed E-state index contributed by atoms with van der Waals surface area (Å²) in [4.78, 5) is 25.8. The van der Waals surface area contributed by atoms with Crippen LogP contribution in [0.4, 0.5) is 11.4 Å². The van der Waals surface area contributed by atoms with Crippen molar-refractivity contribution in [3.63, 3.8) is 0 Å². The SMILES string of the molecule is COc1ccc(NC(=O)c2oc3ccccc3c2NC(=O)[C@@H](C)Oc2ccccc2)cc1. The number of furan rings is 1. The van der Waals surface area contributed by atoms with Crippen LogP contribution in [0.3, 0.4) is 0 Å². The Morgan fingerprint density at radius 2 is 1.53 bits per heavy atom. The van der Waals surface area contributed by atoms with E-state index in [1.54, 1.807) is 68.6 Å². The Bertz CT molecular complexity index is 1230. The monoisotopic (exact) mass is 430 g/mol. The normalized spacial score (nSPS) is 11.6. The van der Waals surface area contributed by atoms with Gasteiger partial charge in [0.15, 0.2) is 6.10 Å². The number of rotatable bonds is 7. The summed E-state index contributed by atoms with van der Waals surface area (Å²) in [6, 6.07) is 23.1. The third kappa shape index (κ3) is 4.57. The van der Waals surface area contributed by atoms with E-state index >= 15 is 0 Å². The van der Waals surface area contributed by atoms with Gasteiger partial charge in [-0.3, -0.25) is 9.59 Å². The number of carbonyl (C=O) groups is 2. The fourth-order valence-electron chi connectivity index (χ4n) is 3.17. The lowest BCUT2D eigenvalue weighted by Crippen LogP contribution is -2.30. The molecule has 2 N–H and O–H groups in total. The van der Waals surface area contributed by atoms with Gasteiger partial charge in [-0.25, -0.2) is 0 Å². The number of carbonyl (C=O) groups excluding carboxylic acids is 2. The number of fused-ring (bicyclic) bond motifs is 1. The van der Waals surface area contributed by atoms with E-state index in [2.05, 4.69) is 10.6 Å². The van der Waals surface area contributed by atoms with Crippen molar-refractivity contribution in [1.82, 2.24) is 0 Å². The Hall–Kier alpha value is -4.26. The molecular weight excluding hydrogens is 408 g/mol. The second kappa shape index (κ2) is 9.26. The summed E-state index contributed by atoms with van der Waals surface area (Å²) >= 11 is 0. The minimum Gasteiger partial charge on any atom is -0.497 e. The maximum absolute atomic E-state index is 13.0. The lowest BCUT2D eigenvalue weighted by Gasteiger charge is -2.15. The molecule has 4 aromatic rings. The third-order valence-electron chi connectivity index (χ3n) is 4.82. The zero-order valence-electron chi connectivity index (χ0n) is 17.6. The van der Waals surface area contributed by atoms with E-state index in [9.17, 15) is 9.59 Å². The standard InChI is InChI=1S/C25H22N2O5/c1-16(31-19-8-4-3-5-9-19)24(28)27-22-20-10-6-7-11-21(20)32-23(22)25(29)26-17-12-14-18(30-2)15-13-17/h3-16H,1-2H3,(H,26,29)(H,27,28)/t16-/m1/s1. The highest BCUT2D eigenvalue weighted by atomic mass is 16.5. The molecule has 0 fully saturated rings. The van der Waals surface area contributed by atoms with Gasteiger partial charge < -0.3 is 24.5 Å². The Labute approximate surface area is 184 Å². The van der Waals surface area contributed by atoms with Crippen LogP contribution < -0.4 is 20.1 Å². The molecule has 7 nitrogen and oxygen atoms in total. The molecule has 0 aliphatic carbocycles. The molecule has 0 unspecified atom stereocenters. The first-order valence-corrected chi connectivity index (χ1v) is 10.0. The number of ether oxygens (including phenoxy) is 2. The summed E-state index contributed by atoms with van der Waals surface area (Å²) in [5.41, 5.74) is 1.34. The zero-order valence-corrected chi connectivity index (χ0v) is 17.6. The number of para-hydroxylation sites is 2. The van der Waals surface area contributed by atoms with Crippen molar-refractivity contribution in [1.29, 1.82) is 0 Å². The van der Waals surface area contributed by atoms with Gasteiger partial charge in [-0.15, -0.1) is 0 Å². The molecule has 0 saturated heterocycles. The highest BCUT2D eigenvalue weighted by Crippen LogP contribution is 2.32. The van der Waals surface area contributed by atoms with Gasteiger partial charge in [0.1, 0.15) is 22.8 Å². The van der Waals surface area contributed by atoms with Crippen molar-refractivity contribution in [3.05, 3.63) is 84.6 Å². The van der Waals surface area contributed by atoms with E-state index < -0.39 is 17.9 Å². The smallest absolute Gasteiger partial charge is 0.293 e. The predicted octanol–water partition coefficient (Wildman–Crippen LogP) is 5.10.